The second-order valence-electron chi connectivity index (χ2n) is 5.03. The second-order valence-corrected chi connectivity index (χ2v) is 5.44. The highest BCUT2D eigenvalue weighted by atomic mass is 35.5. The van der Waals surface area contributed by atoms with Crippen LogP contribution in [-0.4, -0.2) is 19.0 Å². The molecule has 0 radical (unpaired) electrons. The van der Waals surface area contributed by atoms with Gasteiger partial charge in [0.2, 0.25) is 5.91 Å². The van der Waals surface area contributed by atoms with Gasteiger partial charge in [0.15, 0.2) is 0 Å². The lowest BCUT2D eigenvalue weighted by Gasteiger charge is -2.10. The van der Waals surface area contributed by atoms with Crippen LogP contribution in [0, 0.1) is 6.92 Å². The number of rotatable bonds is 9. The van der Waals surface area contributed by atoms with Gasteiger partial charge in [0.05, 0.1) is 6.54 Å². The van der Waals surface area contributed by atoms with Gasteiger partial charge in [-0.2, -0.15) is 0 Å². The molecule has 0 heterocycles. The van der Waals surface area contributed by atoms with Gasteiger partial charge < -0.3 is 10.6 Å². The molecule has 3 nitrogen and oxygen atoms in total. The Morgan fingerprint density at radius 2 is 1.95 bits per heavy atom. The van der Waals surface area contributed by atoms with Crippen LogP contribution >= 0.6 is 11.6 Å². The highest BCUT2D eigenvalue weighted by molar-refractivity contribution is 6.31. The van der Waals surface area contributed by atoms with Gasteiger partial charge in [-0.05, 0) is 31.0 Å². The van der Waals surface area contributed by atoms with Crippen LogP contribution in [0.25, 0.3) is 0 Å². The molecule has 20 heavy (non-hydrogen) atoms. The first-order valence-electron chi connectivity index (χ1n) is 7.40. The summed E-state index contributed by atoms with van der Waals surface area (Å²) in [6.07, 6.45) is 6.03. The first-order valence-corrected chi connectivity index (χ1v) is 7.78. The SMILES string of the molecule is CCCCCCCNC(=O)CNc1cccc(Cl)c1C. The fraction of sp³-hybridized carbons (Fsp3) is 0.562. The van der Waals surface area contributed by atoms with Crippen LogP contribution in [0.3, 0.4) is 0 Å². The molecule has 0 aliphatic heterocycles. The minimum atomic E-state index is 0.0277. The summed E-state index contributed by atoms with van der Waals surface area (Å²) < 4.78 is 0. The number of carbonyl (C=O) groups excluding carboxylic acids is 1. The first kappa shape index (κ1) is 16.8. The van der Waals surface area contributed by atoms with E-state index in [4.69, 9.17) is 11.6 Å². The molecule has 0 saturated carbocycles. The maximum Gasteiger partial charge on any atom is 0.239 e. The fourth-order valence-corrected chi connectivity index (χ4v) is 2.17. The number of anilines is 1. The zero-order valence-corrected chi connectivity index (χ0v) is 13.2. The van der Waals surface area contributed by atoms with Crippen molar-refractivity contribution in [1.82, 2.24) is 5.32 Å². The number of benzene rings is 1. The van der Waals surface area contributed by atoms with Crippen molar-refractivity contribution in [3.8, 4) is 0 Å². The first-order chi connectivity index (χ1) is 9.65. The number of hydrogen-bond acceptors (Lipinski definition) is 2. The van der Waals surface area contributed by atoms with E-state index < -0.39 is 0 Å². The third-order valence-corrected chi connectivity index (χ3v) is 3.72. The van der Waals surface area contributed by atoms with Crippen LogP contribution in [-0.2, 0) is 4.79 Å². The molecule has 2 N–H and O–H groups in total. The number of unbranched alkanes of at least 4 members (excludes halogenated alkanes) is 4. The molecule has 1 aromatic carbocycles. The Morgan fingerprint density at radius 1 is 1.20 bits per heavy atom. The van der Waals surface area contributed by atoms with Crippen LogP contribution in [0.5, 0.6) is 0 Å². The molecular weight excluding hydrogens is 272 g/mol. The van der Waals surface area contributed by atoms with E-state index in [1.54, 1.807) is 0 Å². The molecule has 1 aromatic rings. The molecule has 0 aliphatic carbocycles. The number of hydrogen-bond donors (Lipinski definition) is 2. The van der Waals surface area contributed by atoms with Crippen molar-refractivity contribution in [1.29, 1.82) is 0 Å². The molecule has 0 bridgehead atoms. The normalized spacial score (nSPS) is 10.3. The van der Waals surface area contributed by atoms with Crippen LogP contribution in [0.15, 0.2) is 18.2 Å². The summed E-state index contributed by atoms with van der Waals surface area (Å²) in [7, 11) is 0. The Morgan fingerprint density at radius 3 is 2.70 bits per heavy atom. The minimum Gasteiger partial charge on any atom is -0.376 e. The Hall–Kier alpha value is -1.22. The van der Waals surface area contributed by atoms with Crippen molar-refractivity contribution in [2.45, 2.75) is 46.0 Å². The van der Waals surface area contributed by atoms with Gasteiger partial charge in [0, 0.05) is 17.3 Å². The molecule has 0 saturated heterocycles. The predicted molar refractivity (Wildman–Crippen MR) is 86.4 cm³/mol. The number of nitrogens with one attached hydrogen (secondary N) is 2. The second kappa shape index (κ2) is 9.65. The fourth-order valence-electron chi connectivity index (χ4n) is 1.99. The molecule has 1 amide bonds. The van der Waals surface area contributed by atoms with Crippen molar-refractivity contribution >= 4 is 23.2 Å². The highest BCUT2D eigenvalue weighted by Gasteiger charge is 2.04. The lowest BCUT2D eigenvalue weighted by Crippen LogP contribution is -2.30. The van der Waals surface area contributed by atoms with E-state index >= 15 is 0 Å². The summed E-state index contributed by atoms with van der Waals surface area (Å²) in [4.78, 5) is 11.7. The van der Waals surface area contributed by atoms with Crippen LogP contribution in [0.4, 0.5) is 5.69 Å². The van der Waals surface area contributed by atoms with Crippen molar-refractivity contribution in [2.24, 2.45) is 0 Å². The van der Waals surface area contributed by atoms with Crippen LogP contribution in [0.2, 0.25) is 5.02 Å². The van der Waals surface area contributed by atoms with Gasteiger partial charge in [0.1, 0.15) is 0 Å². The highest BCUT2D eigenvalue weighted by Crippen LogP contribution is 2.22. The molecular formula is C16H25ClN2O. The summed E-state index contributed by atoms with van der Waals surface area (Å²) in [5.41, 5.74) is 1.89. The van der Waals surface area contributed by atoms with Gasteiger partial charge in [-0.1, -0.05) is 50.3 Å². The van der Waals surface area contributed by atoms with E-state index in [2.05, 4.69) is 17.6 Å². The third-order valence-electron chi connectivity index (χ3n) is 3.31. The average Bonchev–Trinajstić information content (AvgIpc) is 2.44. The van der Waals surface area contributed by atoms with Crippen molar-refractivity contribution in [3.05, 3.63) is 28.8 Å². The zero-order chi connectivity index (χ0) is 14.8. The monoisotopic (exact) mass is 296 g/mol. The summed E-state index contributed by atoms with van der Waals surface area (Å²) in [6.45, 7) is 5.19. The number of halogens is 1. The Bertz CT molecular complexity index is 421. The van der Waals surface area contributed by atoms with E-state index in [0.717, 1.165) is 24.2 Å². The van der Waals surface area contributed by atoms with Gasteiger partial charge in [-0.3, -0.25) is 4.79 Å². The Balaban J connectivity index is 2.18. The van der Waals surface area contributed by atoms with Crippen LogP contribution < -0.4 is 10.6 Å². The van der Waals surface area contributed by atoms with Gasteiger partial charge in [-0.25, -0.2) is 0 Å². The van der Waals surface area contributed by atoms with Gasteiger partial charge in [-0.15, -0.1) is 0 Å². The van der Waals surface area contributed by atoms with Gasteiger partial charge >= 0.3 is 0 Å². The van der Waals surface area contributed by atoms with E-state index in [-0.39, 0.29) is 12.5 Å². The third kappa shape index (κ3) is 6.29. The molecule has 0 aliphatic rings. The Kier molecular flexibility index (Phi) is 8.12. The molecule has 0 atom stereocenters. The molecule has 0 fully saturated rings. The summed E-state index contributed by atoms with van der Waals surface area (Å²) >= 11 is 6.03. The average molecular weight is 297 g/mol. The largest absolute Gasteiger partial charge is 0.376 e. The van der Waals surface area contributed by atoms with E-state index in [1.165, 1.54) is 25.7 Å². The van der Waals surface area contributed by atoms with E-state index in [1.807, 2.05) is 25.1 Å². The molecule has 0 aromatic heterocycles. The number of amides is 1. The minimum absolute atomic E-state index is 0.0277. The van der Waals surface area contributed by atoms with E-state index in [9.17, 15) is 4.79 Å². The molecule has 4 heteroatoms. The molecule has 0 spiro atoms. The summed E-state index contributed by atoms with van der Waals surface area (Å²) in [6, 6.07) is 5.65. The quantitative estimate of drug-likeness (QED) is 0.672. The maximum absolute atomic E-state index is 11.7. The number of carbonyl (C=O) groups is 1. The molecule has 0 unspecified atom stereocenters. The standard InChI is InChI=1S/C16H25ClN2O/c1-3-4-5-6-7-11-18-16(20)12-19-15-10-8-9-14(17)13(15)2/h8-10,19H,3-7,11-12H2,1-2H3,(H,18,20). The lowest BCUT2D eigenvalue weighted by molar-refractivity contribution is -0.119. The predicted octanol–water partition coefficient (Wildman–Crippen LogP) is 4.15. The smallest absolute Gasteiger partial charge is 0.239 e. The van der Waals surface area contributed by atoms with Gasteiger partial charge in [0.25, 0.3) is 0 Å². The van der Waals surface area contributed by atoms with E-state index in [0.29, 0.717) is 5.02 Å². The van der Waals surface area contributed by atoms with Crippen LogP contribution in [0.1, 0.15) is 44.6 Å². The van der Waals surface area contributed by atoms with Crippen molar-refractivity contribution in [3.63, 3.8) is 0 Å². The summed E-state index contributed by atoms with van der Waals surface area (Å²) in [5, 5.41) is 6.76. The topological polar surface area (TPSA) is 41.1 Å². The Labute approximate surface area is 127 Å². The zero-order valence-electron chi connectivity index (χ0n) is 12.5. The summed E-state index contributed by atoms with van der Waals surface area (Å²) in [5.74, 6) is 0.0277. The van der Waals surface area contributed by atoms with Crippen molar-refractivity contribution in [2.75, 3.05) is 18.4 Å². The van der Waals surface area contributed by atoms with Crippen molar-refractivity contribution < 1.29 is 4.79 Å². The maximum atomic E-state index is 11.7. The lowest BCUT2D eigenvalue weighted by atomic mass is 10.1. The molecule has 112 valence electrons. The molecule has 1 rings (SSSR count).